The molecule has 0 aliphatic carbocycles. The van der Waals surface area contributed by atoms with E-state index in [9.17, 15) is 0 Å². The highest BCUT2D eigenvalue weighted by Gasteiger charge is 2.19. The number of hydrogen-bond donors (Lipinski definition) is 1. The van der Waals surface area contributed by atoms with Gasteiger partial charge in [0.25, 0.3) is 0 Å². The van der Waals surface area contributed by atoms with Gasteiger partial charge in [0.2, 0.25) is 0 Å². The first kappa shape index (κ1) is 15.8. The Morgan fingerprint density at radius 1 is 1.19 bits per heavy atom. The highest BCUT2D eigenvalue weighted by Crippen LogP contribution is 2.26. The second-order valence-corrected chi connectivity index (χ2v) is 5.78. The van der Waals surface area contributed by atoms with E-state index in [1.807, 2.05) is 11.7 Å². The molecular formula is C18H27N3. The van der Waals surface area contributed by atoms with Gasteiger partial charge in [0.15, 0.2) is 0 Å². The molecule has 1 unspecified atom stereocenters. The molecule has 0 fully saturated rings. The van der Waals surface area contributed by atoms with Crippen LogP contribution in [0.15, 0.2) is 24.3 Å². The molecule has 2 aromatic rings. The number of nitrogens with one attached hydrogen (secondary N) is 1. The van der Waals surface area contributed by atoms with Crippen LogP contribution in [0.25, 0.3) is 0 Å². The highest BCUT2D eigenvalue weighted by atomic mass is 15.3. The Morgan fingerprint density at radius 3 is 2.57 bits per heavy atom. The average molecular weight is 285 g/mol. The van der Waals surface area contributed by atoms with Gasteiger partial charge in [0.1, 0.15) is 0 Å². The van der Waals surface area contributed by atoms with E-state index in [2.05, 4.69) is 62.4 Å². The molecule has 1 heterocycles. The molecule has 0 spiro atoms. The van der Waals surface area contributed by atoms with Gasteiger partial charge >= 0.3 is 0 Å². The molecule has 2 rings (SSSR count). The number of rotatable bonds is 6. The van der Waals surface area contributed by atoms with Gasteiger partial charge in [-0.15, -0.1) is 0 Å². The minimum absolute atomic E-state index is 0.211. The molecule has 1 N–H and O–H groups in total. The standard InChI is InChI=1S/C18H27N3/c1-6-10-19-18(16-11-13(3)8-9-14(16)4)17-12-15(7-2)20-21(17)5/h8-9,11-12,18-19H,6-7,10H2,1-5H3. The molecule has 0 radical (unpaired) electrons. The van der Waals surface area contributed by atoms with Crippen molar-refractivity contribution in [2.45, 2.75) is 46.6 Å². The minimum atomic E-state index is 0.211. The van der Waals surface area contributed by atoms with Crippen LogP contribution >= 0.6 is 0 Å². The Balaban J connectivity index is 2.46. The van der Waals surface area contributed by atoms with E-state index < -0.39 is 0 Å². The maximum Gasteiger partial charge on any atom is 0.0750 e. The summed E-state index contributed by atoms with van der Waals surface area (Å²) in [4.78, 5) is 0. The molecule has 1 atom stereocenters. The maximum absolute atomic E-state index is 4.61. The summed E-state index contributed by atoms with van der Waals surface area (Å²) in [6.07, 6.45) is 2.10. The van der Waals surface area contributed by atoms with E-state index in [4.69, 9.17) is 0 Å². The summed E-state index contributed by atoms with van der Waals surface area (Å²) >= 11 is 0. The lowest BCUT2D eigenvalue weighted by molar-refractivity contribution is 0.551. The minimum Gasteiger partial charge on any atom is -0.305 e. The van der Waals surface area contributed by atoms with Crippen molar-refractivity contribution in [1.29, 1.82) is 0 Å². The molecule has 0 bridgehead atoms. The fourth-order valence-electron chi connectivity index (χ4n) is 2.72. The fourth-order valence-corrected chi connectivity index (χ4v) is 2.72. The van der Waals surface area contributed by atoms with E-state index >= 15 is 0 Å². The third kappa shape index (κ3) is 3.53. The van der Waals surface area contributed by atoms with E-state index in [0.717, 1.165) is 25.1 Å². The third-order valence-electron chi connectivity index (χ3n) is 3.97. The molecule has 1 aromatic heterocycles. The smallest absolute Gasteiger partial charge is 0.0750 e. The number of hydrogen-bond acceptors (Lipinski definition) is 2. The second kappa shape index (κ2) is 6.90. The van der Waals surface area contributed by atoms with Crippen LogP contribution < -0.4 is 5.32 Å². The molecule has 3 heteroatoms. The van der Waals surface area contributed by atoms with Crippen LogP contribution in [0.1, 0.15) is 54.4 Å². The van der Waals surface area contributed by atoms with Crippen molar-refractivity contribution >= 4 is 0 Å². The summed E-state index contributed by atoms with van der Waals surface area (Å²) in [5.41, 5.74) is 6.38. The van der Waals surface area contributed by atoms with Gasteiger partial charge in [-0.05, 0) is 50.4 Å². The molecule has 1 aromatic carbocycles. The van der Waals surface area contributed by atoms with Crippen LogP contribution in [0, 0.1) is 13.8 Å². The largest absolute Gasteiger partial charge is 0.305 e. The maximum atomic E-state index is 4.61. The average Bonchev–Trinajstić information content (AvgIpc) is 2.84. The lowest BCUT2D eigenvalue weighted by atomic mass is 9.96. The molecule has 114 valence electrons. The predicted octanol–water partition coefficient (Wildman–Crippen LogP) is 3.69. The van der Waals surface area contributed by atoms with Gasteiger partial charge in [-0.1, -0.05) is 37.6 Å². The number of nitrogens with zero attached hydrogens (tertiary/aromatic N) is 2. The van der Waals surface area contributed by atoms with Gasteiger partial charge in [0, 0.05) is 7.05 Å². The fraction of sp³-hybridized carbons (Fsp3) is 0.500. The van der Waals surface area contributed by atoms with Crippen LogP contribution in [0.3, 0.4) is 0 Å². The zero-order chi connectivity index (χ0) is 15.4. The Morgan fingerprint density at radius 2 is 1.95 bits per heavy atom. The summed E-state index contributed by atoms with van der Waals surface area (Å²) in [5, 5.41) is 8.30. The van der Waals surface area contributed by atoms with Crippen LogP contribution in [-0.4, -0.2) is 16.3 Å². The lowest BCUT2D eigenvalue weighted by Gasteiger charge is -2.21. The topological polar surface area (TPSA) is 29.9 Å². The van der Waals surface area contributed by atoms with Crippen molar-refractivity contribution in [3.8, 4) is 0 Å². The predicted molar refractivity (Wildman–Crippen MR) is 88.6 cm³/mol. The van der Waals surface area contributed by atoms with E-state index in [0.29, 0.717) is 0 Å². The monoisotopic (exact) mass is 285 g/mol. The molecule has 0 saturated carbocycles. The van der Waals surface area contributed by atoms with E-state index in [1.165, 1.54) is 22.4 Å². The van der Waals surface area contributed by atoms with Crippen molar-refractivity contribution in [2.24, 2.45) is 7.05 Å². The Bertz CT molecular complexity index is 599. The number of aryl methyl sites for hydroxylation is 4. The summed E-state index contributed by atoms with van der Waals surface area (Å²) in [6.45, 7) is 9.70. The number of benzene rings is 1. The Labute approximate surface area is 128 Å². The summed E-state index contributed by atoms with van der Waals surface area (Å²) in [5.74, 6) is 0. The molecule has 0 aliphatic rings. The van der Waals surface area contributed by atoms with Gasteiger partial charge in [-0.25, -0.2) is 0 Å². The molecule has 0 amide bonds. The number of aromatic nitrogens is 2. The zero-order valence-electron chi connectivity index (χ0n) is 13.9. The van der Waals surface area contributed by atoms with Crippen molar-refractivity contribution in [3.63, 3.8) is 0 Å². The molecule has 0 saturated heterocycles. The van der Waals surface area contributed by atoms with Gasteiger partial charge in [-0.2, -0.15) is 5.10 Å². The van der Waals surface area contributed by atoms with Crippen molar-refractivity contribution in [1.82, 2.24) is 15.1 Å². The quantitative estimate of drug-likeness (QED) is 0.877. The molecule has 3 nitrogen and oxygen atoms in total. The van der Waals surface area contributed by atoms with Gasteiger partial charge in [0.05, 0.1) is 17.4 Å². The SMILES string of the molecule is CCCNC(c1cc(C)ccc1C)c1cc(CC)nn1C. The van der Waals surface area contributed by atoms with Crippen molar-refractivity contribution in [2.75, 3.05) is 6.54 Å². The highest BCUT2D eigenvalue weighted by molar-refractivity contribution is 5.37. The first-order chi connectivity index (χ1) is 10.1. The van der Waals surface area contributed by atoms with Crippen LogP contribution in [0.2, 0.25) is 0 Å². The zero-order valence-corrected chi connectivity index (χ0v) is 13.9. The summed E-state index contributed by atoms with van der Waals surface area (Å²) < 4.78 is 2.02. The molecular weight excluding hydrogens is 258 g/mol. The van der Waals surface area contributed by atoms with Crippen molar-refractivity contribution < 1.29 is 0 Å². The van der Waals surface area contributed by atoms with Crippen LogP contribution in [-0.2, 0) is 13.5 Å². The van der Waals surface area contributed by atoms with Crippen LogP contribution in [0.4, 0.5) is 0 Å². The second-order valence-electron chi connectivity index (χ2n) is 5.78. The summed E-state index contributed by atoms with van der Waals surface area (Å²) in [7, 11) is 2.04. The molecule has 0 aliphatic heterocycles. The Hall–Kier alpha value is -1.61. The third-order valence-corrected chi connectivity index (χ3v) is 3.97. The first-order valence-electron chi connectivity index (χ1n) is 7.90. The van der Waals surface area contributed by atoms with E-state index in [1.54, 1.807) is 0 Å². The first-order valence-corrected chi connectivity index (χ1v) is 7.90. The van der Waals surface area contributed by atoms with E-state index in [-0.39, 0.29) is 6.04 Å². The normalized spacial score (nSPS) is 12.6. The summed E-state index contributed by atoms with van der Waals surface area (Å²) in [6, 6.07) is 9.12. The van der Waals surface area contributed by atoms with Crippen molar-refractivity contribution in [3.05, 3.63) is 52.3 Å². The lowest BCUT2D eigenvalue weighted by Crippen LogP contribution is -2.26. The molecule has 21 heavy (non-hydrogen) atoms. The Kier molecular flexibility index (Phi) is 5.18. The van der Waals surface area contributed by atoms with Gasteiger partial charge in [-0.3, -0.25) is 4.68 Å². The van der Waals surface area contributed by atoms with Crippen LogP contribution in [0.5, 0.6) is 0 Å². The van der Waals surface area contributed by atoms with Gasteiger partial charge < -0.3 is 5.32 Å².